The molecule has 148 valence electrons. The van der Waals surface area contributed by atoms with Crippen molar-refractivity contribution in [2.24, 2.45) is 5.92 Å². The van der Waals surface area contributed by atoms with Crippen molar-refractivity contribution in [2.45, 2.75) is 65.3 Å². The predicted molar refractivity (Wildman–Crippen MR) is 107 cm³/mol. The number of hydrogen-bond acceptors (Lipinski definition) is 3. The summed E-state index contributed by atoms with van der Waals surface area (Å²) in [4.78, 5) is 38.7. The van der Waals surface area contributed by atoms with E-state index >= 15 is 0 Å². The molecule has 0 spiro atoms. The van der Waals surface area contributed by atoms with E-state index in [4.69, 9.17) is 0 Å². The highest BCUT2D eigenvalue weighted by Gasteiger charge is 2.27. The third-order valence-electron chi connectivity index (χ3n) is 5.46. The molecule has 5 heteroatoms. The SMILES string of the molecule is CCC(CC)C(=O)N1CCC(NC(=O)CCC(=O)c2ccc(C)cc2)CC1. The van der Waals surface area contributed by atoms with Crippen LogP contribution < -0.4 is 5.32 Å². The fraction of sp³-hybridized carbons (Fsp3) is 0.591. The molecule has 0 atom stereocenters. The van der Waals surface area contributed by atoms with E-state index in [0.717, 1.165) is 31.2 Å². The molecule has 1 aromatic rings. The average molecular weight is 373 g/mol. The van der Waals surface area contributed by atoms with Gasteiger partial charge in [0.1, 0.15) is 0 Å². The van der Waals surface area contributed by atoms with Gasteiger partial charge in [-0.3, -0.25) is 14.4 Å². The Morgan fingerprint density at radius 1 is 1.04 bits per heavy atom. The van der Waals surface area contributed by atoms with Crippen molar-refractivity contribution in [1.82, 2.24) is 10.2 Å². The van der Waals surface area contributed by atoms with Crippen molar-refractivity contribution in [3.8, 4) is 0 Å². The van der Waals surface area contributed by atoms with Gasteiger partial charge in [0.15, 0.2) is 5.78 Å². The molecule has 0 aromatic heterocycles. The van der Waals surface area contributed by atoms with Crippen LogP contribution >= 0.6 is 0 Å². The number of likely N-dealkylation sites (tertiary alicyclic amines) is 1. The Morgan fingerprint density at radius 2 is 1.63 bits per heavy atom. The lowest BCUT2D eigenvalue weighted by Gasteiger charge is -2.34. The van der Waals surface area contributed by atoms with E-state index in [0.29, 0.717) is 18.7 Å². The average Bonchev–Trinajstić information content (AvgIpc) is 2.68. The summed E-state index contributed by atoms with van der Waals surface area (Å²) in [5, 5.41) is 3.02. The molecule has 0 bridgehead atoms. The number of piperidine rings is 1. The zero-order valence-electron chi connectivity index (χ0n) is 16.8. The van der Waals surface area contributed by atoms with E-state index in [9.17, 15) is 14.4 Å². The number of aryl methyl sites for hydroxylation is 1. The molecule has 1 fully saturated rings. The summed E-state index contributed by atoms with van der Waals surface area (Å²) in [5.41, 5.74) is 1.76. The zero-order chi connectivity index (χ0) is 19.8. The molecular weight excluding hydrogens is 340 g/mol. The monoisotopic (exact) mass is 372 g/mol. The quantitative estimate of drug-likeness (QED) is 0.710. The van der Waals surface area contributed by atoms with Crippen molar-refractivity contribution in [3.63, 3.8) is 0 Å². The van der Waals surface area contributed by atoms with Gasteiger partial charge in [-0.1, -0.05) is 43.7 Å². The summed E-state index contributed by atoms with van der Waals surface area (Å²) in [6, 6.07) is 7.52. The van der Waals surface area contributed by atoms with Gasteiger partial charge in [-0.05, 0) is 32.6 Å². The summed E-state index contributed by atoms with van der Waals surface area (Å²) in [6.07, 6.45) is 3.75. The Hall–Kier alpha value is -2.17. The van der Waals surface area contributed by atoms with Crippen LogP contribution in [-0.2, 0) is 9.59 Å². The second-order valence-electron chi connectivity index (χ2n) is 7.47. The third kappa shape index (κ3) is 6.19. The maximum atomic E-state index is 12.4. The lowest BCUT2D eigenvalue weighted by Crippen LogP contribution is -2.48. The minimum absolute atomic E-state index is 0.00395. The molecule has 1 N–H and O–H groups in total. The molecule has 27 heavy (non-hydrogen) atoms. The first kappa shape index (κ1) is 21.1. The van der Waals surface area contributed by atoms with E-state index in [1.165, 1.54) is 0 Å². The smallest absolute Gasteiger partial charge is 0.225 e. The standard InChI is InChI=1S/C22H32N2O3/c1-4-17(5-2)22(27)24-14-12-19(13-15-24)23-21(26)11-10-20(25)18-8-6-16(3)7-9-18/h6-9,17,19H,4-5,10-15H2,1-3H3,(H,23,26). The van der Waals surface area contributed by atoms with Gasteiger partial charge in [0, 0.05) is 43.5 Å². The molecule has 0 saturated carbocycles. The number of nitrogens with zero attached hydrogens (tertiary/aromatic N) is 1. The maximum Gasteiger partial charge on any atom is 0.225 e. The van der Waals surface area contributed by atoms with Crippen LogP contribution in [0.15, 0.2) is 24.3 Å². The number of Topliss-reactive ketones (excluding diaryl/α,β-unsaturated/α-hetero) is 1. The molecule has 0 radical (unpaired) electrons. The van der Waals surface area contributed by atoms with Gasteiger partial charge in [-0.15, -0.1) is 0 Å². The van der Waals surface area contributed by atoms with Gasteiger partial charge in [0.25, 0.3) is 0 Å². The Kier molecular flexibility index (Phi) is 8.01. The Balaban J connectivity index is 1.72. The third-order valence-corrected chi connectivity index (χ3v) is 5.46. The highest BCUT2D eigenvalue weighted by molar-refractivity contribution is 5.98. The summed E-state index contributed by atoms with van der Waals surface area (Å²) in [7, 11) is 0. The van der Waals surface area contributed by atoms with Crippen LogP contribution in [0.2, 0.25) is 0 Å². The molecule has 5 nitrogen and oxygen atoms in total. The van der Waals surface area contributed by atoms with Crippen molar-refractivity contribution >= 4 is 17.6 Å². The van der Waals surface area contributed by atoms with Gasteiger partial charge in [0.2, 0.25) is 11.8 Å². The van der Waals surface area contributed by atoms with Crippen LogP contribution in [0.25, 0.3) is 0 Å². The van der Waals surface area contributed by atoms with Gasteiger partial charge >= 0.3 is 0 Å². The highest BCUT2D eigenvalue weighted by Crippen LogP contribution is 2.17. The zero-order valence-corrected chi connectivity index (χ0v) is 16.8. The topological polar surface area (TPSA) is 66.5 Å². The van der Waals surface area contributed by atoms with Gasteiger partial charge in [-0.25, -0.2) is 0 Å². The fourth-order valence-electron chi connectivity index (χ4n) is 3.55. The first-order valence-electron chi connectivity index (χ1n) is 10.1. The summed E-state index contributed by atoms with van der Waals surface area (Å²) >= 11 is 0. The summed E-state index contributed by atoms with van der Waals surface area (Å²) in [5.74, 6) is 0.272. The van der Waals surface area contributed by atoms with E-state index in [2.05, 4.69) is 19.2 Å². The van der Waals surface area contributed by atoms with Crippen LogP contribution in [0.4, 0.5) is 0 Å². The van der Waals surface area contributed by atoms with E-state index < -0.39 is 0 Å². The lowest BCUT2D eigenvalue weighted by atomic mass is 9.98. The first-order chi connectivity index (χ1) is 12.9. The van der Waals surface area contributed by atoms with Crippen LogP contribution in [0.3, 0.4) is 0 Å². The molecule has 1 aromatic carbocycles. The normalized spacial score (nSPS) is 15.0. The molecule has 2 rings (SSSR count). The number of nitrogens with one attached hydrogen (secondary N) is 1. The number of ketones is 1. The van der Waals surface area contributed by atoms with Crippen molar-refractivity contribution in [2.75, 3.05) is 13.1 Å². The number of hydrogen-bond donors (Lipinski definition) is 1. The molecule has 1 aliphatic rings. The highest BCUT2D eigenvalue weighted by atomic mass is 16.2. The fourth-order valence-corrected chi connectivity index (χ4v) is 3.55. The van der Waals surface area contributed by atoms with Gasteiger partial charge in [0.05, 0.1) is 0 Å². The molecule has 2 amide bonds. The van der Waals surface area contributed by atoms with Gasteiger partial charge in [-0.2, -0.15) is 0 Å². The van der Waals surface area contributed by atoms with Crippen molar-refractivity contribution in [1.29, 1.82) is 0 Å². The van der Waals surface area contributed by atoms with Crippen molar-refractivity contribution < 1.29 is 14.4 Å². The molecule has 0 aliphatic carbocycles. The molecule has 1 heterocycles. The first-order valence-corrected chi connectivity index (χ1v) is 10.1. The number of carbonyl (C=O) groups is 3. The van der Waals surface area contributed by atoms with Gasteiger partial charge < -0.3 is 10.2 Å². The number of benzene rings is 1. The Labute approximate surface area is 162 Å². The predicted octanol–water partition coefficient (Wildman–Crippen LogP) is 3.50. The largest absolute Gasteiger partial charge is 0.353 e. The van der Waals surface area contributed by atoms with Crippen LogP contribution in [0.5, 0.6) is 0 Å². The summed E-state index contributed by atoms with van der Waals surface area (Å²) in [6.45, 7) is 7.48. The number of carbonyl (C=O) groups excluding carboxylic acids is 3. The number of rotatable bonds is 8. The Morgan fingerprint density at radius 3 is 2.19 bits per heavy atom. The van der Waals surface area contributed by atoms with E-state index in [1.54, 1.807) is 0 Å². The van der Waals surface area contributed by atoms with Crippen LogP contribution in [0, 0.1) is 12.8 Å². The number of amides is 2. The minimum atomic E-state index is -0.0831. The van der Waals surface area contributed by atoms with E-state index in [-0.39, 0.29) is 42.4 Å². The van der Waals surface area contributed by atoms with E-state index in [1.807, 2.05) is 36.1 Å². The molecule has 1 aliphatic heterocycles. The molecule has 1 saturated heterocycles. The lowest BCUT2D eigenvalue weighted by molar-refractivity contribution is -0.137. The Bertz CT molecular complexity index is 642. The van der Waals surface area contributed by atoms with Crippen LogP contribution in [0.1, 0.15) is 68.3 Å². The summed E-state index contributed by atoms with van der Waals surface area (Å²) < 4.78 is 0. The maximum absolute atomic E-state index is 12.4. The second kappa shape index (κ2) is 10.2. The second-order valence-corrected chi connectivity index (χ2v) is 7.47. The van der Waals surface area contributed by atoms with Crippen LogP contribution in [-0.4, -0.2) is 41.6 Å². The van der Waals surface area contributed by atoms with Crippen molar-refractivity contribution in [3.05, 3.63) is 35.4 Å². The molecular formula is C22H32N2O3. The molecule has 0 unspecified atom stereocenters. The minimum Gasteiger partial charge on any atom is -0.353 e.